The minimum Gasteiger partial charge on any atom is -0.481 e. The van der Waals surface area contributed by atoms with E-state index in [0.29, 0.717) is 29.3 Å². The number of carbonyl (C=O) groups excluding carboxylic acids is 17. The Balaban J connectivity index is 1.65. The van der Waals surface area contributed by atoms with Gasteiger partial charge in [0.2, 0.25) is 82.7 Å². The predicted molar refractivity (Wildman–Crippen MR) is 441 cm³/mol. The molecule has 0 radical (unpaired) electrons. The lowest BCUT2D eigenvalue weighted by Gasteiger charge is -2.30. The molecule has 127 heavy (non-hydrogen) atoms. The van der Waals surface area contributed by atoms with E-state index in [-0.39, 0.29) is 47.3 Å². The van der Waals surface area contributed by atoms with Crippen LogP contribution in [0.4, 0.5) is 11.4 Å². The first-order valence-electron chi connectivity index (χ1n) is 40.2. The van der Waals surface area contributed by atoms with E-state index in [4.69, 9.17) is 21.9 Å². The molecule has 5 rings (SSSR count). The first kappa shape index (κ1) is 103. The number of aliphatic hydroxyl groups excluding tert-OH is 1. The van der Waals surface area contributed by atoms with Crippen LogP contribution in [0.5, 0.6) is 0 Å². The molecule has 0 aliphatic carbocycles. The van der Waals surface area contributed by atoms with E-state index in [1.807, 2.05) is 16.0 Å². The highest BCUT2D eigenvalue weighted by Crippen LogP contribution is 2.22. The van der Waals surface area contributed by atoms with Crippen molar-refractivity contribution in [2.45, 2.75) is 209 Å². The number of nitrogen functional groups attached to an aromatic ring is 2. The van der Waals surface area contributed by atoms with E-state index < -0.39 is 280 Å². The van der Waals surface area contributed by atoms with Gasteiger partial charge >= 0.3 is 35.8 Å². The van der Waals surface area contributed by atoms with Crippen molar-refractivity contribution in [3.05, 3.63) is 95.2 Å². The number of unbranched alkanes of at least 4 members (excludes halogenated alkanes) is 6. The third kappa shape index (κ3) is 34.2. The summed E-state index contributed by atoms with van der Waals surface area (Å²) < 4.78 is 5.71. The number of primary amides is 1. The van der Waals surface area contributed by atoms with Gasteiger partial charge in [-0.1, -0.05) is 82.7 Å². The number of rotatable bonds is 38. The lowest BCUT2D eigenvalue weighted by Crippen LogP contribution is -2.62. The van der Waals surface area contributed by atoms with Gasteiger partial charge in [-0.05, 0) is 81.0 Å². The third-order valence-electron chi connectivity index (χ3n) is 19.7. The number of aromatic amines is 1. The van der Waals surface area contributed by atoms with Gasteiger partial charge in [-0.3, -0.25) is 95.9 Å². The number of fused-ring (bicyclic) bond motifs is 1. The van der Waals surface area contributed by atoms with Crippen LogP contribution in [0.15, 0.2) is 72.9 Å². The summed E-state index contributed by atoms with van der Waals surface area (Å²) >= 11 is 0. The predicted octanol–water partition coefficient (Wildman–Crippen LogP) is -4.87. The van der Waals surface area contributed by atoms with Crippen LogP contribution in [0.1, 0.15) is 167 Å². The molecule has 15 amide bonds. The highest BCUT2D eigenvalue weighted by Gasteiger charge is 2.41. The monoisotopic (exact) mass is 1780 g/mol. The molecule has 47 nitrogen and oxygen atoms in total. The van der Waals surface area contributed by atoms with Gasteiger partial charge in [0.05, 0.1) is 62.9 Å². The zero-order valence-corrected chi connectivity index (χ0v) is 69.6. The number of benzene rings is 3. The van der Waals surface area contributed by atoms with Crippen molar-refractivity contribution >= 4 is 152 Å². The number of esters is 1. The molecule has 0 spiro atoms. The molecule has 3 aromatic carbocycles. The Kier molecular flexibility index (Phi) is 41.1. The molecule has 47 heteroatoms. The minimum absolute atomic E-state index is 0.0432. The number of aliphatic carboxylic acids is 4. The van der Waals surface area contributed by atoms with Crippen LogP contribution in [-0.2, 0) is 102 Å². The van der Waals surface area contributed by atoms with Crippen LogP contribution in [0.25, 0.3) is 10.9 Å². The number of aromatic nitrogens is 1. The summed E-state index contributed by atoms with van der Waals surface area (Å²) in [6.07, 6.45) is -3.45. The van der Waals surface area contributed by atoms with Crippen molar-refractivity contribution < 1.29 is 141 Å². The Morgan fingerprint density at radius 3 is 1.69 bits per heavy atom. The maximum Gasteiger partial charge on any atom is 0.335 e. The molecule has 1 aliphatic heterocycles. The second-order valence-electron chi connectivity index (χ2n) is 29.8. The second-order valence-corrected chi connectivity index (χ2v) is 29.8. The standard InChI is InChI=1S/C80H106N18O29/c1-5-6-7-8-9-10-11-22-59(102)90-50(28-42-34-85-48-20-15-13-17-43(42)48)73(118)93-51(30-58(83)101)74(119)95-54(33-65(111)112)75(120)98-67-40(4)127-80(126)55(29-57(100)44-18-12-14-19-46(44)81)96-78(123)66(38(2)26-62(105)106)97-76(121)56(37-99)91-61(104)35-86-70(115)52(31-63(107)108)92-68(113)39(3)88-72(117)53(32-64(109)110)94-71(116)49(89-60(103)36-87-77(67)122)21-16-25-84-69(114)45-27-41(79(124)125)23-24-47(45)82/h12-15,17-20,23-24,27,34,38-40,49-56,66-67,85,99H,5-11,16,21-22,25-26,28-33,35-37,81-82H2,1-4H3,(H2,83,101)(H,84,114)(H,86,115)(H,87,122)(H,88,117)(H,89,103)(H,90,102)(H,91,104)(H,92,113)(H,93,118)(H,94,116)(H,95,119)(H,96,123)(H,97,121)(H,98,120)(H,105,106)(H,107,108)(H,109,110)(H,111,112)(H,124,125)/t38-,39-,40?,49+,50+,51+,52+,53?,54+,55+,56-,66?,67?/m1/s1. The molecule has 1 fully saturated rings. The van der Waals surface area contributed by atoms with Crippen molar-refractivity contribution in [2.75, 3.05) is 37.7 Å². The van der Waals surface area contributed by atoms with E-state index in [1.54, 1.807) is 30.5 Å². The number of aliphatic hydroxyl groups is 1. The van der Waals surface area contributed by atoms with Crippen LogP contribution in [-0.4, -0.2) is 265 Å². The van der Waals surface area contributed by atoms with Crippen LogP contribution < -0.4 is 91.6 Å². The lowest BCUT2D eigenvalue weighted by molar-refractivity contribution is -0.156. The minimum atomic E-state index is -2.53. The Labute approximate surface area is 723 Å². The Bertz CT molecular complexity index is 4750. The first-order chi connectivity index (χ1) is 60.0. The SMILES string of the molecule is CCCCCCCCCC(=O)N[C@@H](Cc1c[nH]c2ccccc12)C(=O)N[C@@H](CC(N)=O)C(=O)N[C@@H](CC(=O)O)C(=O)NC1C(=O)NCC(=O)N[C@@H](CCCNC(=O)c2cc(C(=O)O)ccc2N)C(=O)NC(CC(=O)O)C(=O)N[C@H](C)C(=O)N[C@@H](CC(=O)O)C(=O)NCC(=O)N[C@H](CO)C(=O)NC([C@H](C)CC(=O)O)C(=O)N[C@@H](CC(=O)c2ccccc2N)C(=O)OC1C. The molecule has 0 saturated carbocycles. The number of Topliss-reactive ketones (excluding diaryl/α,β-unsaturated/α-hetero) is 1. The topological polar surface area (TPSA) is 768 Å². The second kappa shape index (κ2) is 50.8. The number of hydrogen-bond acceptors (Lipinski definition) is 26. The summed E-state index contributed by atoms with van der Waals surface area (Å²) in [6, 6.07) is -8.40. The number of ketones is 1. The molecule has 13 atom stereocenters. The van der Waals surface area contributed by atoms with Gasteiger partial charge < -0.3 is 132 Å². The number of anilines is 2. The number of cyclic esters (lactones) is 1. The van der Waals surface area contributed by atoms with Crippen LogP contribution >= 0.6 is 0 Å². The number of carboxylic acid groups (broad SMARTS) is 5. The number of nitrogens with one attached hydrogen (secondary N) is 15. The molecule has 4 aromatic rings. The molecule has 4 unspecified atom stereocenters. The zero-order valence-electron chi connectivity index (χ0n) is 69.6. The normalized spacial score (nSPS) is 20.2. The molecular weight excluding hydrogens is 1680 g/mol. The van der Waals surface area contributed by atoms with Crippen LogP contribution in [0, 0.1) is 5.92 Å². The number of carboxylic acids is 5. The third-order valence-corrected chi connectivity index (χ3v) is 19.7. The number of carbonyl (C=O) groups is 22. The summed E-state index contributed by atoms with van der Waals surface area (Å²) in [4.78, 5) is 304. The number of hydrogen-bond donors (Lipinski definition) is 24. The van der Waals surface area contributed by atoms with E-state index in [9.17, 15) is 136 Å². The molecule has 690 valence electrons. The summed E-state index contributed by atoms with van der Waals surface area (Å²) in [5.74, 6) is -33.3. The summed E-state index contributed by atoms with van der Waals surface area (Å²) in [7, 11) is 0. The average molecular weight is 1780 g/mol. The molecular formula is C80H106N18O29. The van der Waals surface area contributed by atoms with Crippen molar-refractivity contribution in [1.29, 1.82) is 0 Å². The highest BCUT2D eigenvalue weighted by atomic mass is 16.5. The van der Waals surface area contributed by atoms with Crippen molar-refractivity contribution in [2.24, 2.45) is 11.7 Å². The van der Waals surface area contributed by atoms with Gasteiger partial charge in [-0.15, -0.1) is 0 Å². The van der Waals surface area contributed by atoms with Gasteiger partial charge in [0.1, 0.15) is 72.6 Å². The molecule has 0 bridgehead atoms. The van der Waals surface area contributed by atoms with E-state index in [0.717, 1.165) is 71.1 Å². The van der Waals surface area contributed by atoms with Crippen molar-refractivity contribution in [3.8, 4) is 0 Å². The van der Waals surface area contributed by atoms with Crippen LogP contribution in [0.2, 0.25) is 0 Å². The molecule has 27 N–H and O–H groups in total. The number of aromatic carboxylic acids is 1. The zero-order chi connectivity index (χ0) is 94.5. The molecule has 1 aromatic heterocycles. The number of amides is 15. The number of ether oxygens (including phenoxy) is 1. The van der Waals surface area contributed by atoms with Crippen molar-refractivity contribution in [1.82, 2.24) is 79.4 Å². The number of nitrogens with two attached hydrogens (primary N) is 3. The lowest BCUT2D eigenvalue weighted by atomic mass is 9.96. The quantitative estimate of drug-likeness (QED) is 0.00866. The maximum atomic E-state index is 15.0. The Morgan fingerprint density at radius 1 is 0.528 bits per heavy atom. The molecule has 2 heterocycles. The van der Waals surface area contributed by atoms with E-state index >= 15 is 0 Å². The van der Waals surface area contributed by atoms with Gasteiger partial charge in [-0.2, -0.15) is 0 Å². The van der Waals surface area contributed by atoms with E-state index in [1.165, 1.54) is 24.3 Å². The largest absolute Gasteiger partial charge is 0.481 e. The van der Waals surface area contributed by atoms with Gasteiger partial charge in [0.25, 0.3) is 5.91 Å². The van der Waals surface area contributed by atoms with Crippen molar-refractivity contribution in [3.63, 3.8) is 0 Å². The van der Waals surface area contributed by atoms with Gasteiger partial charge in [-0.25, -0.2) is 9.59 Å². The van der Waals surface area contributed by atoms with E-state index in [2.05, 4.69) is 70.4 Å². The Hall–Kier alpha value is -14.7. The fourth-order valence-corrected chi connectivity index (χ4v) is 12.9. The Morgan fingerprint density at radius 2 is 1.08 bits per heavy atom. The van der Waals surface area contributed by atoms with Gasteiger partial charge in [0, 0.05) is 59.8 Å². The average Bonchev–Trinajstić information content (AvgIpc) is 1.68. The summed E-state index contributed by atoms with van der Waals surface area (Å²) in [5, 5.41) is 90.9. The fraction of sp³-hybridized carbons (Fsp3) is 0.475. The fourth-order valence-electron chi connectivity index (χ4n) is 12.9. The maximum absolute atomic E-state index is 15.0. The smallest absolute Gasteiger partial charge is 0.335 e. The molecule has 1 aliphatic rings. The number of H-pyrrole nitrogens is 1. The molecule has 1 saturated heterocycles. The first-order valence-corrected chi connectivity index (χ1v) is 40.2. The summed E-state index contributed by atoms with van der Waals surface area (Å²) in [6.45, 7) is 0.534. The van der Waals surface area contributed by atoms with Gasteiger partial charge in [0.15, 0.2) is 5.78 Å². The highest BCUT2D eigenvalue weighted by molar-refractivity contribution is 6.06. The van der Waals surface area contributed by atoms with Crippen LogP contribution in [0.3, 0.4) is 0 Å². The number of para-hydroxylation sites is 2. The summed E-state index contributed by atoms with van der Waals surface area (Å²) in [5.41, 5.74) is 17.4.